The lowest BCUT2D eigenvalue weighted by molar-refractivity contribution is -0.148. The fourth-order valence-electron chi connectivity index (χ4n) is 6.93. The Kier molecular flexibility index (Phi) is 6.47. The van der Waals surface area contributed by atoms with Crippen LogP contribution in [0.1, 0.15) is 31.7 Å². The van der Waals surface area contributed by atoms with Crippen molar-refractivity contribution in [1.29, 1.82) is 0 Å². The summed E-state index contributed by atoms with van der Waals surface area (Å²) in [6.45, 7) is 7.36. The molecule has 3 aliphatic heterocycles. The van der Waals surface area contributed by atoms with Crippen LogP contribution in [0, 0.1) is 5.92 Å². The lowest BCUT2D eigenvalue weighted by Crippen LogP contribution is -2.52. The number of anilines is 1. The van der Waals surface area contributed by atoms with E-state index < -0.39 is 19.8 Å². The van der Waals surface area contributed by atoms with E-state index in [0.717, 1.165) is 29.8 Å². The standard InChI is InChI=1S/C28H36N2O5Si/c1-18-26(36(3,4)21-13-11-20(34-2)12-14-21)24(16-25(32)30-15-7-8-19(30)17-31)35-28(18)22-9-5-6-10-23(22)29-27(28)33/h5-6,9-14,18-19,24,26,31H,7-8,15-17H2,1-4H3,(H,29,33)/t18-,19-,24+,26-,28+/m0/s1. The number of likely N-dealkylation sites (tertiary alicyclic amines) is 1. The minimum absolute atomic E-state index is 0.00276. The van der Waals surface area contributed by atoms with Crippen LogP contribution in [0.4, 0.5) is 5.69 Å². The third-order valence-corrected chi connectivity index (χ3v) is 13.1. The van der Waals surface area contributed by atoms with Crippen molar-refractivity contribution >= 4 is 30.8 Å². The summed E-state index contributed by atoms with van der Waals surface area (Å²) in [6, 6.07) is 15.8. The summed E-state index contributed by atoms with van der Waals surface area (Å²) in [6.07, 6.45) is 1.51. The first-order valence-corrected chi connectivity index (χ1v) is 16.0. The predicted octanol–water partition coefficient (Wildman–Crippen LogP) is 3.24. The molecule has 0 saturated carbocycles. The van der Waals surface area contributed by atoms with Gasteiger partial charge in [0.2, 0.25) is 5.91 Å². The van der Waals surface area contributed by atoms with Crippen molar-refractivity contribution in [2.75, 3.05) is 25.6 Å². The summed E-state index contributed by atoms with van der Waals surface area (Å²) >= 11 is 0. The maximum atomic E-state index is 13.6. The van der Waals surface area contributed by atoms with Crippen LogP contribution < -0.4 is 15.2 Å². The molecule has 0 bridgehead atoms. The number of amides is 2. The van der Waals surface area contributed by atoms with E-state index in [1.165, 1.54) is 5.19 Å². The van der Waals surface area contributed by atoms with Crippen molar-refractivity contribution in [2.24, 2.45) is 5.92 Å². The quantitative estimate of drug-likeness (QED) is 0.585. The van der Waals surface area contributed by atoms with Gasteiger partial charge in [-0.05, 0) is 36.6 Å². The third-order valence-electron chi connectivity index (χ3n) is 8.78. The molecule has 2 amide bonds. The van der Waals surface area contributed by atoms with Gasteiger partial charge in [-0.1, -0.05) is 55.5 Å². The van der Waals surface area contributed by atoms with Crippen LogP contribution in [0.15, 0.2) is 48.5 Å². The van der Waals surface area contributed by atoms with Gasteiger partial charge in [0.25, 0.3) is 5.91 Å². The monoisotopic (exact) mass is 508 g/mol. The second-order valence-corrected chi connectivity index (χ2v) is 15.6. The zero-order valence-corrected chi connectivity index (χ0v) is 22.5. The molecule has 1 spiro atoms. The van der Waals surface area contributed by atoms with Gasteiger partial charge < -0.3 is 24.8 Å². The number of para-hydroxylation sites is 1. The largest absolute Gasteiger partial charge is 0.497 e. The molecule has 2 saturated heterocycles. The molecule has 3 heterocycles. The van der Waals surface area contributed by atoms with E-state index in [9.17, 15) is 14.7 Å². The number of nitrogens with zero attached hydrogens (tertiary/aromatic N) is 1. The van der Waals surface area contributed by atoms with Gasteiger partial charge in [-0.15, -0.1) is 0 Å². The van der Waals surface area contributed by atoms with E-state index in [1.54, 1.807) is 12.0 Å². The van der Waals surface area contributed by atoms with Crippen molar-refractivity contribution in [2.45, 2.75) is 62.6 Å². The minimum atomic E-state index is -2.26. The Labute approximate surface area is 213 Å². The van der Waals surface area contributed by atoms with Gasteiger partial charge in [0, 0.05) is 23.7 Å². The molecule has 0 unspecified atom stereocenters. The summed E-state index contributed by atoms with van der Waals surface area (Å²) in [5.41, 5.74) is 0.534. The summed E-state index contributed by atoms with van der Waals surface area (Å²) in [5.74, 6) is 0.521. The zero-order chi connectivity index (χ0) is 25.7. The van der Waals surface area contributed by atoms with Crippen LogP contribution in [-0.2, 0) is 19.9 Å². The Bertz CT molecular complexity index is 1150. The van der Waals surface area contributed by atoms with E-state index in [4.69, 9.17) is 9.47 Å². The molecule has 8 heteroatoms. The Morgan fingerprint density at radius 2 is 1.94 bits per heavy atom. The number of hydrogen-bond acceptors (Lipinski definition) is 5. The summed E-state index contributed by atoms with van der Waals surface area (Å²) in [7, 11) is -0.608. The third kappa shape index (κ3) is 3.78. The first-order chi connectivity index (χ1) is 17.2. The molecule has 7 nitrogen and oxygen atoms in total. The Morgan fingerprint density at radius 3 is 2.64 bits per heavy atom. The molecule has 2 N–H and O–H groups in total. The van der Waals surface area contributed by atoms with E-state index in [2.05, 4.69) is 37.5 Å². The number of rotatable bonds is 6. The van der Waals surface area contributed by atoms with E-state index in [0.29, 0.717) is 6.54 Å². The number of ether oxygens (including phenoxy) is 2. The molecule has 2 aromatic carbocycles. The average molecular weight is 509 g/mol. The highest BCUT2D eigenvalue weighted by Gasteiger charge is 2.65. The molecule has 0 aromatic heterocycles. The topological polar surface area (TPSA) is 88.1 Å². The van der Waals surface area contributed by atoms with Gasteiger partial charge in [0.15, 0.2) is 5.60 Å². The lowest BCUT2D eigenvalue weighted by Gasteiger charge is -2.37. The molecular formula is C28H36N2O5Si. The normalized spacial score (nSPS) is 29.5. The van der Waals surface area contributed by atoms with Gasteiger partial charge in [-0.2, -0.15) is 0 Å². The molecule has 5 atom stereocenters. The van der Waals surface area contributed by atoms with E-state index >= 15 is 0 Å². The van der Waals surface area contributed by atoms with E-state index in [-0.39, 0.29) is 42.3 Å². The molecular weight excluding hydrogens is 472 g/mol. The molecule has 0 radical (unpaired) electrons. The van der Waals surface area contributed by atoms with Gasteiger partial charge >= 0.3 is 0 Å². The number of benzene rings is 2. The second-order valence-electron chi connectivity index (χ2n) is 10.9. The number of aliphatic hydroxyl groups is 1. The van der Waals surface area contributed by atoms with Gasteiger partial charge in [0.05, 0.1) is 40.4 Å². The van der Waals surface area contributed by atoms with Crippen molar-refractivity contribution in [3.05, 3.63) is 54.1 Å². The molecule has 0 aliphatic carbocycles. The van der Waals surface area contributed by atoms with Crippen LogP contribution in [0.5, 0.6) is 5.75 Å². The summed E-state index contributed by atoms with van der Waals surface area (Å²) < 4.78 is 12.2. The fraction of sp³-hybridized carbons (Fsp3) is 0.500. The molecule has 5 rings (SSSR count). The number of fused-ring (bicyclic) bond motifs is 2. The Balaban J connectivity index is 1.55. The molecule has 36 heavy (non-hydrogen) atoms. The number of carbonyl (C=O) groups is 2. The van der Waals surface area contributed by atoms with Crippen LogP contribution in [0.2, 0.25) is 18.6 Å². The first kappa shape index (κ1) is 25.0. The number of methoxy groups -OCH3 is 1. The van der Waals surface area contributed by atoms with Gasteiger partial charge in [-0.25, -0.2) is 0 Å². The lowest BCUT2D eigenvalue weighted by atomic mass is 9.82. The predicted molar refractivity (Wildman–Crippen MR) is 141 cm³/mol. The SMILES string of the molecule is COc1ccc([Si](C)(C)[C@@H]2[C@@H](CC(=O)N3CCC[C@H]3CO)O[C@]3(C(=O)Nc4ccccc43)[C@H]2C)cc1. The first-order valence-electron chi connectivity index (χ1n) is 12.9. The fourth-order valence-corrected chi connectivity index (χ4v) is 10.9. The Morgan fingerprint density at radius 1 is 1.22 bits per heavy atom. The zero-order valence-electron chi connectivity index (χ0n) is 21.5. The molecule has 2 fully saturated rings. The molecule has 2 aromatic rings. The second kappa shape index (κ2) is 9.32. The van der Waals surface area contributed by atoms with Crippen molar-refractivity contribution in [1.82, 2.24) is 4.90 Å². The highest BCUT2D eigenvalue weighted by molar-refractivity contribution is 6.91. The molecule has 192 valence electrons. The number of aliphatic hydroxyl groups excluding tert-OH is 1. The molecule has 3 aliphatic rings. The van der Waals surface area contributed by atoms with Gasteiger partial charge in [-0.3, -0.25) is 9.59 Å². The van der Waals surface area contributed by atoms with Crippen LogP contribution in [0.25, 0.3) is 0 Å². The van der Waals surface area contributed by atoms with E-state index in [1.807, 2.05) is 36.4 Å². The smallest absolute Gasteiger partial charge is 0.261 e. The van der Waals surface area contributed by atoms with Crippen molar-refractivity contribution in [3.63, 3.8) is 0 Å². The van der Waals surface area contributed by atoms with Crippen molar-refractivity contribution in [3.8, 4) is 5.75 Å². The average Bonchev–Trinajstić information content (AvgIpc) is 3.55. The number of nitrogens with one attached hydrogen (secondary N) is 1. The number of carbonyl (C=O) groups excluding carboxylic acids is 2. The summed E-state index contributed by atoms with van der Waals surface area (Å²) in [4.78, 5) is 28.9. The highest BCUT2D eigenvalue weighted by atomic mass is 28.3. The summed E-state index contributed by atoms with van der Waals surface area (Å²) in [5, 5.41) is 14.1. The Hall–Kier alpha value is -2.68. The number of hydrogen-bond donors (Lipinski definition) is 2. The van der Waals surface area contributed by atoms with Crippen LogP contribution in [-0.4, -0.2) is 62.3 Å². The minimum Gasteiger partial charge on any atom is -0.497 e. The van der Waals surface area contributed by atoms with Crippen molar-refractivity contribution < 1.29 is 24.2 Å². The van der Waals surface area contributed by atoms with Crippen LogP contribution in [0.3, 0.4) is 0 Å². The maximum absolute atomic E-state index is 13.6. The maximum Gasteiger partial charge on any atom is 0.261 e. The van der Waals surface area contributed by atoms with Gasteiger partial charge in [0.1, 0.15) is 5.75 Å². The van der Waals surface area contributed by atoms with Crippen LogP contribution >= 0.6 is 0 Å². The highest BCUT2D eigenvalue weighted by Crippen LogP contribution is 2.58.